The monoisotopic (exact) mass is 334 g/mol. The largest absolute Gasteiger partial charge is 0.444 e. The van der Waals surface area contributed by atoms with E-state index in [0.717, 1.165) is 16.7 Å². The number of rotatable bonds is 2. The number of carbonyl (C=O) groups is 2. The van der Waals surface area contributed by atoms with Gasteiger partial charge in [-0.3, -0.25) is 4.79 Å². The van der Waals surface area contributed by atoms with Crippen LogP contribution in [0.3, 0.4) is 0 Å². The number of amides is 2. The van der Waals surface area contributed by atoms with Crippen molar-refractivity contribution in [3.8, 4) is 0 Å². The number of hydrogen-bond donors (Lipinski definition) is 1. The number of nitrogens with one attached hydrogen (secondary N) is 1. The lowest BCUT2D eigenvalue weighted by atomic mass is 10.2. The maximum atomic E-state index is 12.5. The predicted octanol–water partition coefficient (Wildman–Crippen LogP) is 2.32. The molecule has 0 bridgehead atoms. The van der Waals surface area contributed by atoms with Crippen molar-refractivity contribution in [2.75, 3.05) is 0 Å². The van der Waals surface area contributed by atoms with Crippen molar-refractivity contribution in [2.45, 2.75) is 43.2 Å². The third kappa shape index (κ3) is 4.61. The summed E-state index contributed by atoms with van der Waals surface area (Å²) in [5.74, 6) is 1.21. The number of alkyl carbamates (subject to hydrolysis) is 1. The fourth-order valence-corrected chi connectivity index (χ4v) is 3.10. The van der Waals surface area contributed by atoms with Crippen LogP contribution in [0, 0.1) is 0 Å². The summed E-state index contributed by atoms with van der Waals surface area (Å²) in [5, 5.41) is 1.68. The van der Waals surface area contributed by atoms with Crippen molar-refractivity contribution in [2.24, 2.45) is 0 Å². The Morgan fingerprint density at radius 3 is 2.78 bits per heavy atom. The minimum Gasteiger partial charge on any atom is -0.444 e. The van der Waals surface area contributed by atoms with Crippen LogP contribution in [0.25, 0.3) is 0 Å². The summed E-state index contributed by atoms with van der Waals surface area (Å²) in [5.41, 5.74) is 0.230. The molecule has 6 nitrogen and oxygen atoms in total. The van der Waals surface area contributed by atoms with E-state index < -0.39 is 23.0 Å². The van der Waals surface area contributed by atoms with E-state index >= 15 is 0 Å². The van der Waals surface area contributed by atoms with Gasteiger partial charge < -0.3 is 15.0 Å². The molecule has 2 amide bonds. The van der Waals surface area contributed by atoms with Gasteiger partial charge in [-0.05, 0) is 32.4 Å². The summed E-state index contributed by atoms with van der Waals surface area (Å²) in [4.78, 5) is 37.3. The van der Waals surface area contributed by atoms with Crippen molar-refractivity contribution >= 4 is 29.7 Å². The average molecular weight is 334 g/mol. The smallest absolute Gasteiger partial charge is 0.408 e. The molecule has 0 saturated carbocycles. The highest BCUT2D eigenvalue weighted by molar-refractivity contribution is 8.00. The Morgan fingerprint density at radius 1 is 1.43 bits per heavy atom. The standard InChI is InChI=1S/C16H18N2O4S/c1-16(2,3)22-15(21)17-13-14(20)18(8-9-19)10-11-6-4-5-7-12(11)23-13/h4-8,13H,10H2,1-3H3,(H,17,21)/t13-/m1/s1. The summed E-state index contributed by atoms with van der Waals surface area (Å²) >= 11 is 1.22. The molecule has 0 unspecified atom stereocenters. The summed E-state index contributed by atoms with van der Waals surface area (Å²) in [6, 6.07) is 7.45. The van der Waals surface area contributed by atoms with E-state index in [1.54, 1.807) is 26.7 Å². The van der Waals surface area contributed by atoms with Crippen molar-refractivity contribution in [1.29, 1.82) is 0 Å². The second-order valence-corrected chi connectivity index (χ2v) is 7.11. The van der Waals surface area contributed by atoms with E-state index in [1.807, 2.05) is 24.3 Å². The minimum atomic E-state index is -0.877. The first kappa shape index (κ1) is 17.1. The Bertz CT molecular complexity index is 662. The molecule has 1 atom stereocenters. The van der Waals surface area contributed by atoms with Gasteiger partial charge in [0, 0.05) is 4.90 Å². The first-order valence-electron chi connectivity index (χ1n) is 7.06. The van der Waals surface area contributed by atoms with Gasteiger partial charge in [-0.25, -0.2) is 9.59 Å². The number of ether oxygens (including phenoxy) is 1. The molecule has 1 heterocycles. The molecule has 0 saturated heterocycles. The Labute approximate surface area is 138 Å². The molecule has 0 fully saturated rings. The highest BCUT2D eigenvalue weighted by atomic mass is 32.2. The normalized spacial score (nSPS) is 17.6. The van der Waals surface area contributed by atoms with Crippen LogP contribution in [0.1, 0.15) is 26.3 Å². The molecule has 1 aliphatic rings. The van der Waals surface area contributed by atoms with E-state index in [0.29, 0.717) is 0 Å². The van der Waals surface area contributed by atoms with Crippen LogP contribution in [0.4, 0.5) is 4.79 Å². The fourth-order valence-electron chi connectivity index (χ4n) is 2.02. The zero-order chi connectivity index (χ0) is 17.0. The molecule has 23 heavy (non-hydrogen) atoms. The number of nitrogens with zero attached hydrogens (tertiary/aromatic N) is 1. The topological polar surface area (TPSA) is 75.7 Å². The van der Waals surface area contributed by atoms with E-state index in [2.05, 4.69) is 5.32 Å². The first-order valence-corrected chi connectivity index (χ1v) is 7.94. The lowest BCUT2D eigenvalue weighted by Gasteiger charge is -2.23. The molecule has 1 aromatic carbocycles. The van der Waals surface area contributed by atoms with E-state index in [1.165, 1.54) is 16.7 Å². The Balaban J connectivity index is 2.25. The number of benzene rings is 1. The van der Waals surface area contributed by atoms with Gasteiger partial charge in [0.15, 0.2) is 5.37 Å². The number of thioether (sulfide) groups is 1. The van der Waals surface area contributed by atoms with Gasteiger partial charge in [0.05, 0.1) is 12.7 Å². The lowest BCUT2D eigenvalue weighted by Crippen LogP contribution is -2.45. The molecular weight excluding hydrogens is 316 g/mol. The molecule has 0 aliphatic carbocycles. The highest BCUT2D eigenvalue weighted by Gasteiger charge is 2.32. The molecule has 0 radical (unpaired) electrons. The number of fused-ring (bicyclic) bond motifs is 1. The van der Waals surface area contributed by atoms with Crippen LogP contribution >= 0.6 is 11.8 Å². The molecule has 1 N–H and O–H groups in total. The van der Waals surface area contributed by atoms with Crippen LogP contribution in [-0.2, 0) is 20.9 Å². The second-order valence-electron chi connectivity index (χ2n) is 5.96. The Kier molecular flexibility index (Phi) is 5.13. The summed E-state index contributed by atoms with van der Waals surface area (Å²) in [7, 11) is 0. The lowest BCUT2D eigenvalue weighted by molar-refractivity contribution is -0.129. The van der Waals surface area contributed by atoms with E-state index in [9.17, 15) is 14.4 Å². The van der Waals surface area contributed by atoms with E-state index in [-0.39, 0.29) is 6.54 Å². The maximum Gasteiger partial charge on any atom is 0.408 e. The zero-order valence-corrected chi connectivity index (χ0v) is 14.0. The van der Waals surface area contributed by atoms with Gasteiger partial charge in [-0.2, -0.15) is 0 Å². The van der Waals surface area contributed by atoms with Crippen LogP contribution in [-0.4, -0.2) is 33.8 Å². The third-order valence-electron chi connectivity index (χ3n) is 2.92. The Hall–Kier alpha value is -2.24. The fraction of sp³-hybridized carbons (Fsp3) is 0.375. The molecule has 0 spiro atoms. The molecule has 7 heteroatoms. The zero-order valence-electron chi connectivity index (χ0n) is 13.2. The number of carbonyl (C=O) groups excluding carboxylic acids is 3. The summed E-state index contributed by atoms with van der Waals surface area (Å²) in [6.45, 7) is 5.48. The molecule has 122 valence electrons. The van der Waals surface area contributed by atoms with Crippen molar-refractivity contribution in [3.63, 3.8) is 0 Å². The van der Waals surface area contributed by atoms with Crippen LogP contribution in [0.15, 0.2) is 35.4 Å². The highest BCUT2D eigenvalue weighted by Crippen LogP contribution is 2.31. The van der Waals surface area contributed by atoms with Crippen molar-refractivity contribution < 1.29 is 19.1 Å². The summed E-state index contributed by atoms with van der Waals surface area (Å²) in [6.07, 6.45) is 0.368. The molecule has 2 rings (SSSR count). The van der Waals surface area contributed by atoms with Crippen LogP contribution in [0.5, 0.6) is 0 Å². The number of hydrogen-bond acceptors (Lipinski definition) is 5. The van der Waals surface area contributed by atoms with Crippen molar-refractivity contribution in [3.05, 3.63) is 36.0 Å². The van der Waals surface area contributed by atoms with Gasteiger partial charge in [0.1, 0.15) is 11.5 Å². The average Bonchev–Trinajstić information content (AvgIpc) is 2.56. The summed E-state index contributed by atoms with van der Waals surface area (Å²) < 4.78 is 5.19. The van der Waals surface area contributed by atoms with Crippen LogP contribution < -0.4 is 5.32 Å². The van der Waals surface area contributed by atoms with Crippen LogP contribution in [0.2, 0.25) is 0 Å². The van der Waals surface area contributed by atoms with Crippen molar-refractivity contribution in [1.82, 2.24) is 10.2 Å². The van der Waals surface area contributed by atoms with E-state index in [4.69, 9.17) is 4.74 Å². The Morgan fingerprint density at radius 2 is 2.13 bits per heavy atom. The molecule has 1 aromatic rings. The van der Waals surface area contributed by atoms with Gasteiger partial charge in [0.25, 0.3) is 5.91 Å². The predicted molar refractivity (Wildman–Crippen MR) is 86.3 cm³/mol. The minimum absolute atomic E-state index is 0.254. The van der Waals surface area contributed by atoms with Gasteiger partial charge in [-0.15, -0.1) is 0 Å². The SMILES string of the molecule is CC(C)(C)OC(=O)N[C@@H]1Sc2ccccc2CN(C=C=O)C1=O. The molecule has 1 aliphatic heterocycles. The first-order chi connectivity index (χ1) is 10.8. The van der Waals surface area contributed by atoms with Gasteiger partial charge in [-0.1, -0.05) is 30.0 Å². The molecular formula is C16H18N2O4S. The van der Waals surface area contributed by atoms with Gasteiger partial charge in [0.2, 0.25) is 0 Å². The third-order valence-corrected chi connectivity index (χ3v) is 4.13. The van der Waals surface area contributed by atoms with Gasteiger partial charge >= 0.3 is 6.09 Å². The molecule has 0 aromatic heterocycles. The second kappa shape index (κ2) is 6.89. The maximum absolute atomic E-state index is 12.5. The quantitative estimate of drug-likeness (QED) is 0.840.